The first kappa shape index (κ1) is 36.8. The van der Waals surface area contributed by atoms with Gasteiger partial charge in [-0.3, -0.25) is 19.6 Å². The SMILES string of the molecule is Cc1c(F)ccc2cccc(-c3ncc4c(N5CCN(C(=O)/C=C/CN6[C@@H]7CC[C@H]6COC7)[C@@H](CC#N)C5)nc(OC[C@@]56CCCN5C[C@H](F)C6)nc4c3F)c12. The van der Waals surface area contributed by atoms with Crippen molar-refractivity contribution >= 4 is 33.4 Å². The second-order valence-corrected chi connectivity index (χ2v) is 16.0. The van der Waals surface area contributed by atoms with E-state index >= 15 is 4.39 Å². The molecule has 0 radical (unpaired) electrons. The molecule has 9 rings (SSSR count). The molecule has 0 saturated carbocycles. The third-order valence-electron chi connectivity index (χ3n) is 12.7. The summed E-state index contributed by atoms with van der Waals surface area (Å²) in [4.78, 5) is 35.8. The molecule has 0 unspecified atom stereocenters. The van der Waals surface area contributed by atoms with Gasteiger partial charge in [0.15, 0.2) is 5.82 Å². The zero-order valence-electron chi connectivity index (χ0n) is 31.5. The summed E-state index contributed by atoms with van der Waals surface area (Å²) in [5.74, 6) is -0.909. The number of hydrogen-bond acceptors (Lipinski definition) is 10. The topological polar surface area (TPSA) is 111 Å². The highest BCUT2D eigenvalue weighted by Crippen LogP contribution is 2.41. The predicted octanol–water partition coefficient (Wildman–Crippen LogP) is 5.74. The van der Waals surface area contributed by atoms with Crippen molar-refractivity contribution in [3.05, 3.63) is 65.9 Å². The summed E-state index contributed by atoms with van der Waals surface area (Å²) in [6, 6.07) is 10.9. The second kappa shape index (κ2) is 14.9. The molecule has 14 heteroatoms. The number of fused-ring (bicyclic) bond motifs is 5. The third-order valence-corrected chi connectivity index (χ3v) is 12.7. The van der Waals surface area contributed by atoms with Crippen LogP contribution in [-0.4, -0.2) is 124 Å². The maximum atomic E-state index is 17.0. The minimum absolute atomic E-state index is 0.0127. The molecule has 2 aromatic heterocycles. The highest BCUT2D eigenvalue weighted by atomic mass is 19.1. The monoisotopic (exact) mass is 766 g/mol. The van der Waals surface area contributed by atoms with Crippen LogP contribution in [0.2, 0.25) is 0 Å². The van der Waals surface area contributed by atoms with E-state index in [1.165, 1.54) is 12.3 Å². The molecule has 2 bridgehead atoms. The number of carbonyl (C=O) groups is 1. The van der Waals surface area contributed by atoms with Crippen molar-refractivity contribution in [3.63, 3.8) is 0 Å². The Morgan fingerprint density at radius 1 is 1.11 bits per heavy atom. The number of piperazine rings is 1. The molecule has 4 aromatic rings. The summed E-state index contributed by atoms with van der Waals surface area (Å²) in [6.45, 7) is 5.99. The van der Waals surface area contributed by atoms with Gasteiger partial charge in [-0.05, 0) is 61.6 Å². The van der Waals surface area contributed by atoms with Crippen LogP contribution in [0.5, 0.6) is 6.01 Å². The molecule has 0 N–H and O–H groups in total. The molecule has 0 spiro atoms. The highest BCUT2D eigenvalue weighted by Gasteiger charge is 2.49. The van der Waals surface area contributed by atoms with Gasteiger partial charge in [0.05, 0.1) is 42.7 Å². The van der Waals surface area contributed by atoms with Gasteiger partial charge < -0.3 is 19.3 Å². The van der Waals surface area contributed by atoms with Crippen LogP contribution < -0.4 is 9.64 Å². The predicted molar refractivity (Wildman–Crippen MR) is 205 cm³/mol. The summed E-state index contributed by atoms with van der Waals surface area (Å²) < 4.78 is 58.5. The van der Waals surface area contributed by atoms with Crippen LogP contribution in [0.1, 0.15) is 44.1 Å². The number of pyridine rings is 1. The van der Waals surface area contributed by atoms with Crippen LogP contribution in [0.15, 0.2) is 48.7 Å². The molecule has 5 saturated heterocycles. The Kier molecular flexibility index (Phi) is 9.79. The maximum Gasteiger partial charge on any atom is 0.319 e. The Morgan fingerprint density at radius 3 is 2.77 bits per heavy atom. The van der Waals surface area contributed by atoms with Crippen molar-refractivity contribution in [2.45, 2.75) is 75.3 Å². The van der Waals surface area contributed by atoms with Crippen molar-refractivity contribution in [3.8, 4) is 23.3 Å². The number of alkyl halides is 1. The number of morpholine rings is 1. The van der Waals surface area contributed by atoms with Gasteiger partial charge in [-0.15, -0.1) is 0 Å². The molecular weight excluding hydrogens is 722 g/mol. The standard InChI is InChI=1S/C42H45F3N8O3/c1-26-34(44)11-8-27-5-2-6-32(36(26)27)38-37(45)39-33(20-47-38)40(49-41(48-39)56-25-42-13-4-15-51(42)21-28(43)19-42)50-17-18-53(29(22-50)12-14-46)35(54)7-3-16-52-30-9-10-31(52)24-55-23-30/h2-3,5-8,11,20,28-31H,4,9-10,12-13,15-19,21-25H2,1H3/b7-3+/t28-,29+,30-,31+,42+/m1/s1. The second-order valence-electron chi connectivity index (χ2n) is 16.0. The quantitative estimate of drug-likeness (QED) is 0.196. The fourth-order valence-electron chi connectivity index (χ4n) is 9.89. The van der Waals surface area contributed by atoms with Gasteiger partial charge in [-0.1, -0.05) is 30.3 Å². The minimum Gasteiger partial charge on any atom is -0.461 e. The van der Waals surface area contributed by atoms with Crippen molar-refractivity contribution in [1.29, 1.82) is 5.26 Å². The Morgan fingerprint density at radius 2 is 1.95 bits per heavy atom. The molecule has 5 atom stereocenters. The lowest BCUT2D eigenvalue weighted by Crippen LogP contribution is -2.55. The molecule has 7 heterocycles. The van der Waals surface area contributed by atoms with E-state index in [0.717, 1.165) is 50.8 Å². The van der Waals surface area contributed by atoms with Crippen molar-refractivity contribution in [2.75, 3.05) is 64.0 Å². The molecule has 56 heavy (non-hydrogen) atoms. The number of halogens is 3. The Balaban J connectivity index is 1.04. The number of hydrogen-bond donors (Lipinski definition) is 0. The first-order valence-electron chi connectivity index (χ1n) is 19.7. The minimum atomic E-state index is -0.951. The number of nitriles is 1. The zero-order chi connectivity index (χ0) is 38.6. The van der Waals surface area contributed by atoms with Crippen LogP contribution in [-0.2, 0) is 9.53 Å². The van der Waals surface area contributed by atoms with E-state index in [9.17, 15) is 18.8 Å². The number of nitrogens with zero attached hydrogens (tertiary/aromatic N) is 8. The number of rotatable bonds is 9. The summed E-state index contributed by atoms with van der Waals surface area (Å²) in [7, 11) is 0. The summed E-state index contributed by atoms with van der Waals surface area (Å²) in [5.41, 5.74) is 0.320. The number of amides is 1. The van der Waals surface area contributed by atoms with E-state index in [2.05, 4.69) is 25.8 Å². The number of aryl methyl sites for hydroxylation is 1. The largest absolute Gasteiger partial charge is 0.461 e. The number of aromatic nitrogens is 3. The summed E-state index contributed by atoms with van der Waals surface area (Å²) in [5, 5.41) is 11.5. The average molecular weight is 767 g/mol. The van der Waals surface area contributed by atoms with E-state index < -0.39 is 29.4 Å². The summed E-state index contributed by atoms with van der Waals surface area (Å²) >= 11 is 0. The van der Waals surface area contributed by atoms with Gasteiger partial charge >= 0.3 is 6.01 Å². The van der Waals surface area contributed by atoms with Crippen molar-refractivity contribution < 1.29 is 27.4 Å². The lowest BCUT2D eigenvalue weighted by Gasteiger charge is -2.41. The Labute approximate surface area is 323 Å². The van der Waals surface area contributed by atoms with Gasteiger partial charge in [0.25, 0.3) is 0 Å². The first-order chi connectivity index (χ1) is 27.2. The number of anilines is 1. The lowest BCUT2D eigenvalue weighted by molar-refractivity contribution is -0.128. The Bertz CT molecular complexity index is 2230. The molecule has 5 aliphatic heterocycles. The van der Waals surface area contributed by atoms with Gasteiger partial charge in [-0.2, -0.15) is 15.2 Å². The fourth-order valence-corrected chi connectivity index (χ4v) is 9.89. The fraction of sp³-hybridized carbons (Fsp3) is 0.500. The lowest BCUT2D eigenvalue weighted by atomic mass is 9.95. The van der Waals surface area contributed by atoms with Crippen LogP contribution >= 0.6 is 0 Å². The van der Waals surface area contributed by atoms with E-state index in [4.69, 9.17) is 14.5 Å². The Hall–Kier alpha value is -4.84. The maximum absolute atomic E-state index is 17.0. The summed E-state index contributed by atoms with van der Waals surface area (Å²) in [6.07, 6.45) is 8.45. The molecule has 5 fully saturated rings. The van der Waals surface area contributed by atoms with Gasteiger partial charge in [0.1, 0.15) is 35.6 Å². The van der Waals surface area contributed by atoms with E-state index in [0.29, 0.717) is 72.4 Å². The van der Waals surface area contributed by atoms with Crippen LogP contribution in [0.25, 0.3) is 32.9 Å². The van der Waals surface area contributed by atoms with Crippen LogP contribution in [0, 0.1) is 29.9 Å². The molecule has 11 nitrogen and oxygen atoms in total. The van der Waals surface area contributed by atoms with E-state index in [-0.39, 0.29) is 42.7 Å². The van der Waals surface area contributed by atoms with Gasteiger partial charge in [0, 0.05) is 69.1 Å². The molecular formula is C42H45F3N8O3. The molecule has 2 aromatic carbocycles. The van der Waals surface area contributed by atoms with Crippen LogP contribution in [0.4, 0.5) is 19.0 Å². The van der Waals surface area contributed by atoms with Crippen molar-refractivity contribution in [1.82, 2.24) is 29.7 Å². The molecule has 5 aliphatic rings. The van der Waals surface area contributed by atoms with Crippen LogP contribution in [0.3, 0.4) is 0 Å². The van der Waals surface area contributed by atoms with E-state index in [1.807, 2.05) is 17.0 Å². The van der Waals surface area contributed by atoms with E-state index in [1.54, 1.807) is 36.1 Å². The van der Waals surface area contributed by atoms with Crippen molar-refractivity contribution in [2.24, 2.45) is 0 Å². The molecule has 1 amide bonds. The number of benzene rings is 2. The molecule has 0 aliphatic carbocycles. The average Bonchev–Trinajstić information content (AvgIpc) is 3.80. The normalized spacial score (nSPS) is 26.8. The third kappa shape index (κ3) is 6.53. The number of ether oxygens (including phenoxy) is 2. The zero-order valence-corrected chi connectivity index (χ0v) is 31.5. The smallest absolute Gasteiger partial charge is 0.319 e. The first-order valence-corrected chi connectivity index (χ1v) is 19.7. The number of carbonyl (C=O) groups excluding carboxylic acids is 1. The van der Waals surface area contributed by atoms with Gasteiger partial charge in [-0.25, -0.2) is 13.2 Å². The molecule has 292 valence electrons. The highest BCUT2D eigenvalue weighted by molar-refractivity contribution is 6.00. The van der Waals surface area contributed by atoms with Gasteiger partial charge in [0.2, 0.25) is 5.91 Å².